The monoisotopic (exact) mass is 263 g/mol. The van der Waals surface area contributed by atoms with E-state index in [-0.39, 0.29) is 5.91 Å². The zero-order valence-corrected chi connectivity index (χ0v) is 12.4. The zero-order valence-electron chi connectivity index (χ0n) is 11.4. The number of nitrogens with one attached hydrogen (secondary N) is 1. The molecular weight excluding hydrogens is 238 g/mol. The van der Waals surface area contributed by atoms with Crippen molar-refractivity contribution in [3.8, 4) is 0 Å². The van der Waals surface area contributed by atoms with Crippen LogP contribution in [0.25, 0.3) is 0 Å². The first-order valence-electron chi connectivity index (χ1n) is 6.06. The summed E-state index contributed by atoms with van der Waals surface area (Å²) in [5.74, 6) is 0.0876. The number of unbranched alkanes of at least 4 members (excludes halogenated alkanes) is 1. The zero-order chi connectivity index (χ0) is 13.1. The molecule has 0 bridgehead atoms. The molecule has 5 nitrogen and oxygen atoms in total. The van der Waals surface area contributed by atoms with Gasteiger partial charge in [-0.1, -0.05) is 13.3 Å². The Hall–Kier alpha value is -0.433. The third-order valence-electron chi connectivity index (χ3n) is 2.67. The second-order valence-electron chi connectivity index (χ2n) is 3.85. The van der Waals surface area contributed by atoms with E-state index in [4.69, 9.17) is 13.3 Å². The second-order valence-corrected chi connectivity index (χ2v) is 6.94. The lowest BCUT2D eigenvalue weighted by atomic mass is 10.3. The average molecular weight is 263 g/mol. The van der Waals surface area contributed by atoms with E-state index in [2.05, 4.69) is 12.2 Å². The highest BCUT2D eigenvalue weighted by molar-refractivity contribution is 6.60. The molecule has 1 N–H and O–H groups in total. The summed E-state index contributed by atoms with van der Waals surface area (Å²) in [4.78, 5) is 11.5. The summed E-state index contributed by atoms with van der Waals surface area (Å²) in [6, 6.07) is 0.664. The summed E-state index contributed by atoms with van der Waals surface area (Å²) in [5, 5.41) is 2.88. The highest BCUT2D eigenvalue weighted by atomic mass is 28.4. The summed E-state index contributed by atoms with van der Waals surface area (Å²) < 4.78 is 15.8. The maximum absolute atomic E-state index is 11.5. The van der Waals surface area contributed by atoms with Crippen LogP contribution in [0.2, 0.25) is 6.04 Å². The van der Waals surface area contributed by atoms with Crippen LogP contribution >= 0.6 is 0 Å². The molecule has 17 heavy (non-hydrogen) atoms. The Bertz CT molecular complexity index is 201. The van der Waals surface area contributed by atoms with Crippen LogP contribution in [0.5, 0.6) is 0 Å². The Morgan fingerprint density at radius 3 is 2.18 bits per heavy atom. The van der Waals surface area contributed by atoms with Crippen LogP contribution in [-0.2, 0) is 18.1 Å². The van der Waals surface area contributed by atoms with E-state index in [1.54, 1.807) is 21.3 Å². The van der Waals surface area contributed by atoms with Crippen molar-refractivity contribution in [2.75, 3.05) is 27.9 Å². The molecule has 0 aliphatic carbocycles. The molecule has 0 aromatic carbocycles. The summed E-state index contributed by atoms with van der Waals surface area (Å²) in [7, 11) is 2.25. The van der Waals surface area contributed by atoms with Gasteiger partial charge in [-0.2, -0.15) is 0 Å². The van der Waals surface area contributed by atoms with E-state index in [9.17, 15) is 4.79 Å². The fourth-order valence-corrected chi connectivity index (χ4v) is 3.24. The van der Waals surface area contributed by atoms with Gasteiger partial charge in [-0.15, -0.1) is 0 Å². The van der Waals surface area contributed by atoms with Crippen molar-refractivity contribution < 1.29 is 18.1 Å². The normalized spacial score (nSPS) is 11.5. The van der Waals surface area contributed by atoms with Crippen molar-refractivity contribution in [1.29, 1.82) is 0 Å². The number of hydrogen-bond acceptors (Lipinski definition) is 4. The Morgan fingerprint density at radius 1 is 1.12 bits per heavy atom. The van der Waals surface area contributed by atoms with Gasteiger partial charge in [0.25, 0.3) is 0 Å². The van der Waals surface area contributed by atoms with Crippen molar-refractivity contribution in [3.05, 3.63) is 0 Å². The molecule has 0 radical (unpaired) electrons. The predicted molar refractivity (Wildman–Crippen MR) is 68.7 cm³/mol. The number of rotatable bonds is 10. The van der Waals surface area contributed by atoms with Crippen LogP contribution in [0.1, 0.15) is 32.6 Å². The van der Waals surface area contributed by atoms with E-state index < -0.39 is 8.80 Å². The van der Waals surface area contributed by atoms with E-state index in [0.717, 1.165) is 25.8 Å². The SMILES string of the molecule is CCCCNC(=O)CCC[Si](OC)(OC)OC. The smallest absolute Gasteiger partial charge is 0.377 e. The highest BCUT2D eigenvalue weighted by Gasteiger charge is 2.36. The van der Waals surface area contributed by atoms with Gasteiger partial charge in [0.1, 0.15) is 0 Å². The van der Waals surface area contributed by atoms with Crippen molar-refractivity contribution in [2.24, 2.45) is 0 Å². The molecule has 0 unspecified atom stereocenters. The fourth-order valence-electron chi connectivity index (χ4n) is 1.51. The number of amides is 1. The third-order valence-corrected chi connectivity index (χ3v) is 5.50. The largest absolute Gasteiger partial charge is 0.500 e. The molecule has 0 atom stereocenters. The first kappa shape index (κ1) is 16.6. The molecule has 0 saturated carbocycles. The van der Waals surface area contributed by atoms with Crippen LogP contribution in [0.3, 0.4) is 0 Å². The minimum Gasteiger partial charge on any atom is -0.377 e. The van der Waals surface area contributed by atoms with Gasteiger partial charge in [-0.3, -0.25) is 4.79 Å². The van der Waals surface area contributed by atoms with Gasteiger partial charge in [-0.25, -0.2) is 0 Å². The van der Waals surface area contributed by atoms with E-state index in [0.29, 0.717) is 12.5 Å². The number of carbonyl (C=O) groups is 1. The number of hydrogen-bond donors (Lipinski definition) is 1. The third kappa shape index (κ3) is 6.77. The lowest BCUT2D eigenvalue weighted by Gasteiger charge is -2.24. The summed E-state index contributed by atoms with van der Waals surface area (Å²) >= 11 is 0. The Balaban J connectivity index is 3.77. The maximum atomic E-state index is 11.5. The molecule has 0 aromatic heterocycles. The average Bonchev–Trinajstić information content (AvgIpc) is 2.36. The summed E-state index contributed by atoms with van der Waals surface area (Å²) in [6.45, 7) is 2.86. The van der Waals surface area contributed by atoms with Gasteiger partial charge in [0.2, 0.25) is 5.91 Å². The van der Waals surface area contributed by atoms with E-state index in [1.807, 2.05) is 0 Å². The molecule has 0 saturated heterocycles. The van der Waals surface area contributed by atoms with E-state index >= 15 is 0 Å². The van der Waals surface area contributed by atoms with Crippen LogP contribution < -0.4 is 5.32 Å². The Kier molecular flexibility index (Phi) is 9.34. The van der Waals surface area contributed by atoms with Crippen LogP contribution in [0.15, 0.2) is 0 Å². The first-order valence-corrected chi connectivity index (χ1v) is 7.99. The standard InChI is InChI=1S/C11H25NO4Si/c1-5-6-9-12-11(13)8-7-10-17(14-2,15-3)16-4/h5-10H2,1-4H3,(H,12,13). The molecule has 6 heteroatoms. The Morgan fingerprint density at radius 2 is 1.71 bits per heavy atom. The minimum atomic E-state index is -2.50. The van der Waals surface area contributed by atoms with Crippen molar-refractivity contribution in [3.63, 3.8) is 0 Å². The molecule has 0 heterocycles. The molecule has 0 rings (SSSR count). The molecule has 0 spiro atoms. The molecule has 0 aliphatic rings. The second kappa shape index (κ2) is 9.58. The van der Waals surface area contributed by atoms with Crippen molar-refractivity contribution in [2.45, 2.75) is 38.7 Å². The Labute approximate surface area is 105 Å². The van der Waals surface area contributed by atoms with Crippen LogP contribution in [0, 0.1) is 0 Å². The van der Waals surface area contributed by atoms with Gasteiger partial charge in [0.15, 0.2) is 0 Å². The lowest BCUT2D eigenvalue weighted by Crippen LogP contribution is -2.42. The van der Waals surface area contributed by atoms with E-state index in [1.165, 1.54) is 0 Å². The molecule has 0 aromatic rings. The highest BCUT2D eigenvalue weighted by Crippen LogP contribution is 2.16. The molecule has 1 amide bonds. The fraction of sp³-hybridized carbons (Fsp3) is 0.909. The lowest BCUT2D eigenvalue weighted by molar-refractivity contribution is -0.121. The van der Waals surface area contributed by atoms with Crippen molar-refractivity contribution in [1.82, 2.24) is 5.32 Å². The minimum absolute atomic E-state index is 0.0876. The molecule has 102 valence electrons. The topological polar surface area (TPSA) is 56.8 Å². The van der Waals surface area contributed by atoms with Gasteiger partial charge in [0.05, 0.1) is 0 Å². The van der Waals surface area contributed by atoms with Gasteiger partial charge >= 0.3 is 8.80 Å². The molecular formula is C11H25NO4Si. The number of carbonyl (C=O) groups excluding carboxylic acids is 1. The van der Waals surface area contributed by atoms with Gasteiger partial charge < -0.3 is 18.6 Å². The first-order chi connectivity index (χ1) is 8.14. The molecule has 0 fully saturated rings. The summed E-state index contributed by atoms with van der Waals surface area (Å²) in [6.07, 6.45) is 3.33. The maximum Gasteiger partial charge on any atom is 0.500 e. The van der Waals surface area contributed by atoms with Crippen LogP contribution in [0.4, 0.5) is 0 Å². The quantitative estimate of drug-likeness (QED) is 0.480. The van der Waals surface area contributed by atoms with Gasteiger partial charge in [0, 0.05) is 40.3 Å². The summed E-state index contributed by atoms with van der Waals surface area (Å²) in [5.41, 5.74) is 0. The predicted octanol–water partition coefficient (Wildman–Crippen LogP) is 1.56. The van der Waals surface area contributed by atoms with Crippen LogP contribution in [-0.4, -0.2) is 42.6 Å². The van der Waals surface area contributed by atoms with Crippen molar-refractivity contribution >= 4 is 14.7 Å². The molecule has 0 aliphatic heterocycles. The van der Waals surface area contributed by atoms with Gasteiger partial charge in [-0.05, 0) is 12.8 Å².